The van der Waals surface area contributed by atoms with Crippen molar-refractivity contribution in [3.63, 3.8) is 0 Å². The SMILES string of the molecule is CC1(C)CC(=O)c2sc(N3CCOCC3)c(-c3ccnc(-c4cc(C(=O)N5CCCC5)ccc4F)c3)c2[C@@H]1N. The van der Waals surface area contributed by atoms with Gasteiger partial charge in [-0.1, -0.05) is 13.8 Å². The van der Waals surface area contributed by atoms with Gasteiger partial charge in [0, 0.05) is 67.1 Å². The van der Waals surface area contributed by atoms with E-state index in [1.807, 2.05) is 30.9 Å². The lowest BCUT2D eigenvalue weighted by Gasteiger charge is -2.36. The number of pyridine rings is 1. The first-order valence-electron chi connectivity index (χ1n) is 13.6. The molecule has 3 aromatic rings. The summed E-state index contributed by atoms with van der Waals surface area (Å²) in [6, 6.07) is 7.91. The fourth-order valence-corrected chi connectivity index (χ4v) is 7.25. The minimum Gasteiger partial charge on any atom is -0.378 e. The predicted molar refractivity (Wildman–Crippen MR) is 151 cm³/mol. The first-order chi connectivity index (χ1) is 18.7. The number of carbonyl (C=O) groups is 2. The highest BCUT2D eigenvalue weighted by molar-refractivity contribution is 7.19. The molecule has 2 N–H and O–H groups in total. The molecule has 39 heavy (non-hydrogen) atoms. The van der Waals surface area contributed by atoms with Gasteiger partial charge in [0.15, 0.2) is 5.78 Å². The Morgan fingerprint density at radius 2 is 1.87 bits per heavy atom. The molecule has 0 bridgehead atoms. The fourth-order valence-electron chi connectivity index (χ4n) is 5.89. The third kappa shape index (κ3) is 4.66. The Morgan fingerprint density at radius 1 is 1.13 bits per heavy atom. The first-order valence-corrected chi connectivity index (χ1v) is 14.4. The van der Waals surface area contributed by atoms with E-state index in [2.05, 4.69) is 9.88 Å². The topological polar surface area (TPSA) is 88.8 Å². The molecule has 0 radical (unpaired) electrons. The van der Waals surface area contributed by atoms with Crippen molar-refractivity contribution < 1.29 is 18.7 Å². The van der Waals surface area contributed by atoms with Gasteiger partial charge in [-0.15, -0.1) is 11.3 Å². The summed E-state index contributed by atoms with van der Waals surface area (Å²) in [4.78, 5) is 35.6. The Hall–Kier alpha value is -3.14. The van der Waals surface area contributed by atoms with Crippen LogP contribution in [-0.2, 0) is 4.74 Å². The van der Waals surface area contributed by atoms with E-state index in [-0.39, 0.29) is 23.3 Å². The monoisotopic (exact) mass is 548 g/mol. The van der Waals surface area contributed by atoms with Gasteiger partial charge in [-0.25, -0.2) is 4.39 Å². The fraction of sp³-hybridized carbons (Fsp3) is 0.433. The number of rotatable bonds is 4. The summed E-state index contributed by atoms with van der Waals surface area (Å²) in [6.07, 6.45) is 4.03. The maximum absolute atomic E-state index is 15.2. The van der Waals surface area contributed by atoms with E-state index < -0.39 is 11.2 Å². The van der Waals surface area contributed by atoms with Gasteiger partial charge in [0.25, 0.3) is 5.91 Å². The largest absolute Gasteiger partial charge is 0.378 e. The predicted octanol–water partition coefficient (Wildman–Crippen LogP) is 5.30. The summed E-state index contributed by atoms with van der Waals surface area (Å²) in [6.45, 7) is 8.16. The minimum atomic E-state index is -0.439. The van der Waals surface area contributed by atoms with E-state index in [4.69, 9.17) is 10.5 Å². The average molecular weight is 549 g/mol. The number of hydrogen-bond donors (Lipinski definition) is 1. The molecule has 204 valence electrons. The van der Waals surface area contributed by atoms with Crippen LogP contribution >= 0.6 is 11.3 Å². The maximum Gasteiger partial charge on any atom is 0.253 e. The van der Waals surface area contributed by atoms with Crippen molar-refractivity contribution in [2.45, 2.75) is 39.2 Å². The van der Waals surface area contributed by atoms with Crippen LogP contribution in [0.5, 0.6) is 0 Å². The molecule has 2 saturated heterocycles. The van der Waals surface area contributed by atoms with E-state index in [1.165, 1.54) is 17.4 Å². The quantitative estimate of drug-likeness (QED) is 0.476. The summed E-state index contributed by atoms with van der Waals surface area (Å²) < 4.78 is 20.8. The zero-order chi connectivity index (χ0) is 27.3. The van der Waals surface area contributed by atoms with Crippen LogP contribution in [0.15, 0.2) is 36.5 Å². The second-order valence-corrected chi connectivity index (χ2v) is 12.3. The highest BCUT2D eigenvalue weighted by Crippen LogP contribution is 2.53. The lowest BCUT2D eigenvalue weighted by Crippen LogP contribution is -2.37. The number of benzene rings is 1. The number of nitrogens with two attached hydrogens (primary N) is 1. The van der Waals surface area contributed by atoms with Gasteiger partial charge in [-0.2, -0.15) is 0 Å². The molecule has 2 aromatic heterocycles. The Kier molecular flexibility index (Phi) is 6.77. The number of likely N-dealkylation sites (tertiary alicyclic amines) is 1. The van der Waals surface area contributed by atoms with Crippen LogP contribution in [0.25, 0.3) is 22.4 Å². The minimum absolute atomic E-state index is 0.0851. The van der Waals surface area contributed by atoms with Gasteiger partial charge < -0.3 is 20.3 Å². The van der Waals surface area contributed by atoms with Crippen LogP contribution in [0.4, 0.5) is 9.39 Å². The van der Waals surface area contributed by atoms with Gasteiger partial charge in [0.05, 0.1) is 23.8 Å². The van der Waals surface area contributed by atoms with E-state index in [9.17, 15) is 9.59 Å². The number of ketones is 1. The van der Waals surface area contributed by atoms with Gasteiger partial charge in [-0.3, -0.25) is 14.6 Å². The summed E-state index contributed by atoms with van der Waals surface area (Å²) in [7, 11) is 0. The number of anilines is 1. The molecular weight excluding hydrogens is 515 g/mol. The Balaban J connectivity index is 1.47. The van der Waals surface area contributed by atoms with Gasteiger partial charge in [-0.05, 0) is 54.2 Å². The molecule has 2 aliphatic heterocycles. The molecule has 9 heteroatoms. The second kappa shape index (κ2) is 10.1. The number of nitrogens with zero attached hydrogens (tertiary/aromatic N) is 3. The normalized spacial score (nSPS) is 20.8. The van der Waals surface area contributed by atoms with Crippen molar-refractivity contribution in [3.05, 3.63) is 58.3 Å². The maximum atomic E-state index is 15.2. The number of halogens is 1. The smallest absolute Gasteiger partial charge is 0.253 e. The van der Waals surface area contributed by atoms with Crippen molar-refractivity contribution in [3.8, 4) is 22.4 Å². The zero-order valence-corrected chi connectivity index (χ0v) is 23.2. The number of Topliss-reactive ketones (excluding diaryl/α,β-unsaturated/α-hetero) is 1. The second-order valence-electron chi connectivity index (χ2n) is 11.3. The van der Waals surface area contributed by atoms with Gasteiger partial charge in [0.1, 0.15) is 10.8 Å². The number of fused-ring (bicyclic) bond motifs is 1. The van der Waals surface area contributed by atoms with Gasteiger partial charge >= 0.3 is 0 Å². The number of aromatic nitrogens is 1. The number of amides is 1. The van der Waals surface area contributed by atoms with E-state index in [0.717, 1.165) is 47.6 Å². The Labute approximate surface area is 231 Å². The van der Waals surface area contributed by atoms with E-state index >= 15 is 4.39 Å². The lowest BCUT2D eigenvalue weighted by molar-refractivity contribution is 0.0792. The molecule has 0 unspecified atom stereocenters. The first kappa shape index (κ1) is 26.1. The molecule has 4 heterocycles. The van der Waals surface area contributed by atoms with Crippen LogP contribution in [0.3, 0.4) is 0 Å². The number of hydrogen-bond acceptors (Lipinski definition) is 7. The molecule has 1 aliphatic carbocycles. The van der Waals surface area contributed by atoms with Crippen molar-refractivity contribution in [1.29, 1.82) is 0 Å². The summed E-state index contributed by atoms with van der Waals surface area (Å²) in [5.41, 5.74) is 10.2. The van der Waals surface area contributed by atoms with Crippen LogP contribution < -0.4 is 10.6 Å². The Bertz CT molecular complexity index is 1440. The summed E-state index contributed by atoms with van der Waals surface area (Å²) >= 11 is 1.50. The number of thiophene rings is 1. The van der Waals surface area contributed by atoms with Gasteiger partial charge in [0.2, 0.25) is 0 Å². The standard InChI is InChI=1S/C30H33FN4O3S/c1-30(2)17-23(36)26-25(27(30)32)24(29(39-26)35-11-13-38-14-12-35)18-7-8-33-22(16-18)20-15-19(5-6-21(20)31)28(37)34-9-3-4-10-34/h5-8,15-16,27H,3-4,9-14,17,32H2,1-2H3/t27-/m0/s1. The zero-order valence-electron chi connectivity index (χ0n) is 22.3. The average Bonchev–Trinajstić information content (AvgIpc) is 3.61. The lowest BCUT2D eigenvalue weighted by atomic mass is 9.71. The van der Waals surface area contributed by atoms with E-state index in [0.29, 0.717) is 48.9 Å². The molecule has 2 fully saturated rings. The molecule has 0 saturated carbocycles. The van der Waals surface area contributed by atoms with Crippen molar-refractivity contribution in [2.75, 3.05) is 44.3 Å². The molecule has 3 aliphatic rings. The van der Waals surface area contributed by atoms with Crippen LogP contribution in [0.2, 0.25) is 0 Å². The van der Waals surface area contributed by atoms with Crippen LogP contribution in [0, 0.1) is 11.2 Å². The summed E-state index contributed by atoms with van der Waals surface area (Å²) in [5.74, 6) is -0.416. The van der Waals surface area contributed by atoms with Crippen molar-refractivity contribution >= 4 is 28.0 Å². The molecule has 1 aromatic carbocycles. The third-order valence-corrected chi connectivity index (χ3v) is 9.49. The van der Waals surface area contributed by atoms with Crippen LogP contribution in [0.1, 0.15) is 64.7 Å². The number of morpholine rings is 1. The molecule has 1 amide bonds. The van der Waals surface area contributed by atoms with Crippen LogP contribution in [-0.4, -0.2) is 61.0 Å². The summed E-state index contributed by atoms with van der Waals surface area (Å²) in [5, 5.41) is 0.986. The number of ether oxygens (including phenoxy) is 1. The third-order valence-electron chi connectivity index (χ3n) is 8.18. The highest BCUT2D eigenvalue weighted by Gasteiger charge is 2.42. The van der Waals surface area contributed by atoms with E-state index in [1.54, 1.807) is 18.3 Å². The van der Waals surface area contributed by atoms with Crippen molar-refractivity contribution in [2.24, 2.45) is 11.1 Å². The van der Waals surface area contributed by atoms with Crippen molar-refractivity contribution in [1.82, 2.24) is 9.88 Å². The number of carbonyl (C=O) groups excluding carboxylic acids is 2. The molecule has 6 rings (SSSR count). The molecular formula is C30H33FN4O3S. The molecule has 1 atom stereocenters. The Morgan fingerprint density at radius 3 is 2.62 bits per heavy atom. The molecule has 7 nitrogen and oxygen atoms in total. The molecule has 0 spiro atoms. The highest BCUT2D eigenvalue weighted by atomic mass is 32.1.